The zero-order chi connectivity index (χ0) is 14.0. The average molecular weight is 257 g/mol. The van der Waals surface area contributed by atoms with E-state index in [4.69, 9.17) is 0 Å². The van der Waals surface area contributed by atoms with Gasteiger partial charge in [-0.3, -0.25) is 9.48 Å². The number of nitrogens with zero attached hydrogens (tertiary/aromatic N) is 2. The monoisotopic (exact) mass is 257 g/mol. The van der Waals surface area contributed by atoms with Crippen LogP contribution in [-0.2, 0) is 6.54 Å². The highest BCUT2D eigenvalue weighted by atomic mass is 16.1. The first-order valence-electron chi connectivity index (χ1n) is 6.43. The van der Waals surface area contributed by atoms with Crippen LogP contribution < -0.4 is 5.32 Å². The Labute approximate surface area is 113 Å². The summed E-state index contributed by atoms with van der Waals surface area (Å²) in [7, 11) is 0. The van der Waals surface area contributed by atoms with Crippen molar-refractivity contribution in [1.82, 2.24) is 9.78 Å². The minimum atomic E-state index is -0.166. The Morgan fingerprint density at radius 3 is 2.32 bits per heavy atom. The third kappa shape index (κ3) is 3.02. The first kappa shape index (κ1) is 13.3. The van der Waals surface area contributed by atoms with Crippen LogP contribution in [0.15, 0.2) is 24.3 Å². The van der Waals surface area contributed by atoms with Crippen LogP contribution in [0.5, 0.6) is 0 Å². The number of carbonyl (C=O) groups is 1. The molecule has 0 aliphatic heterocycles. The van der Waals surface area contributed by atoms with E-state index in [0.29, 0.717) is 5.69 Å². The lowest BCUT2D eigenvalue weighted by Crippen LogP contribution is -2.13. The molecule has 4 nitrogen and oxygen atoms in total. The van der Waals surface area contributed by atoms with E-state index in [1.54, 1.807) is 0 Å². The molecule has 0 unspecified atom stereocenters. The molecule has 0 saturated heterocycles. The van der Waals surface area contributed by atoms with Gasteiger partial charge in [0, 0.05) is 17.9 Å². The van der Waals surface area contributed by atoms with Crippen LogP contribution >= 0.6 is 0 Å². The smallest absolute Gasteiger partial charge is 0.276 e. The van der Waals surface area contributed by atoms with Gasteiger partial charge in [0.15, 0.2) is 5.69 Å². The number of aromatic nitrogens is 2. The molecule has 0 bridgehead atoms. The highest BCUT2D eigenvalue weighted by molar-refractivity contribution is 6.03. The van der Waals surface area contributed by atoms with Crippen molar-refractivity contribution in [3.63, 3.8) is 0 Å². The van der Waals surface area contributed by atoms with E-state index < -0.39 is 0 Å². The Kier molecular flexibility index (Phi) is 3.69. The van der Waals surface area contributed by atoms with Crippen molar-refractivity contribution in [2.45, 2.75) is 34.2 Å². The Morgan fingerprint density at radius 1 is 1.16 bits per heavy atom. The van der Waals surface area contributed by atoms with Crippen molar-refractivity contribution in [3.05, 3.63) is 46.8 Å². The third-order valence-corrected chi connectivity index (χ3v) is 2.99. The van der Waals surface area contributed by atoms with Gasteiger partial charge >= 0.3 is 0 Å². The van der Waals surface area contributed by atoms with Crippen LogP contribution in [-0.4, -0.2) is 15.7 Å². The van der Waals surface area contributed by atoms with E-state index in [0.717, 1.165) is 29.1 Å². The molecule has 0 aliphatic carbocycles. The van der Waals surface area contributed by atoms with Crippen molar-refractivity contribution < 1.29 is 4.79 Å². The fourth-order valence-electron chi connectivity index (χ4n) is 2.18. The summed E-state index contributed by atoms with van der Waals surface area (Å²) in [5.74, 6) is -0.166. The zero-order valence-corrected chi connectivity index (χ0v) is 11.8. The number of aryl methyl sites for hydroxylation is 4. The van der Waals surface area contributed by atoms with Crippen molar-refractivity contribution in [2.24, 2.45) is 0 Å². The minimum Gasteiger partial charge on any atom is -0.321 e. The molecule has 0 atom stereocenters. The molecule has 1 N–H and O–H groups in total. The van der Waals surface area contributed by atoms with Gasteiger partial charge in [0.25, 0.3) is 5.91 Å². The van der Waals surface area contributed by atoms with Crippen molar-refractivity contribution >= 4 is 11.6 Å². The number of hydrogen-bond acceptors (Lipinski definition) is 2. The van der Waals surface area contributed by atoms with E-state index in [2.05, 4.69) is 16.5 Å². The highest BCUT2D eigenvalue weighted by Gasteiger charge is 2.12. The summed E-state index contributed by atoms with van der Waals surface area (Å²) in [6.45, 7) is 8.75. The summed E-state index contributed by atoms with van der Waals surface area (Å²) in [6, 6.07) is 7.79. The zero-order valence-electron chi connectivity index (χ0n) is 11.8. The molecule has 2 aromatic rings. The second-order valence-electron chi connectivity index (χ2n) is 4.82. The van der Waals surface area contributed by atoms with Crippen molar-refractivity contribution in [2.75, 3.05) is 5.32 Å². The van der Waals surface area contributed by atoms with Gasteiger partial charge < -0.3 is 5.32 Å². The quantitative estimate of drug-likeness (QED) is 0.918. The first-order valence-corrected chi connectivity index (χ1v) is 6.43. The summed E-state index contributed by atoms with van der Waals surface area (Å²) in [5, 5.41) is 7.16. The first-order chi connectivity index (χ1) is 8.99. The fraction of sp³-hybridized carbons (Fsp3) is 0.333. The number of rotatable bonds is 3. The Balaban J connectivity index is 2.20. The molecule has 0 saturated carbocycles. The predicted octanol–water partition coefficient (Wildman–Crippen LogP) is 3.08. The van der Waals surface area contributed by atoms with Gasteiger partial charge in [0.05, 0.1) is 0 Å². The second-order valence-corrected chi connectivity index (χ2v) is 4.82. The summed E-state index contributed by atoms with van der Waals surface area (Å²) < 4.78 is 1.82. The average Bonchev–Trinajstić information content (AvgIpc) is 2.69. The molecule has 1 amide bonds. The molecule has 0 aliphatic rings. The van der Waals surface area contributed by atoms with E-state index in [1.165, 1.54) is 0 Å². The summed E-state index contributed by atoms with van der Waals surface area (Å²) in [4.78, 5) is 12.1. The molecule has 19 heavy (non-hydrogen) atoms. The van der Waals surface area contributed by atoms with Crippen LogP contribution in [0.25, 0.3) is 0 Å². The van der Waals surface area contributed by atoms with Crippen LogP contribution in [0, 0.1) is 20.8 Å². The number of anilines is 1. The Hall–Kier alpha value is -2.10. The number of hydrogen-bond donors (Lipinski definition) is 1. The topological polar surface area (TPSA) is 46.9 Å². The molecule has 0 fully saturated rings. The largest absolute Gasteiger partial charge is 0.321 e. The van der Waals surface area contributed by atoms with Crippen LogP contribution in [0.4, 0.5) is 5.69 Å². The maximum atomic E-state index is 12.1. The van der Waals surface area contributed by atoms with Gasteiger partial charge in [0.2, 0.25) is 0 Å². The van der Waals surface area contributed by atoms with Crippen molar-refractivity contribution in [1.29, 1.82) is 0 Å². The molecule has 100 valence electrons. The maximum absolute atomic E-state index is 12.1. The Morgan fingerprint density at radius 2 is 1.79 bits per heavy atom. The summed E-state index contributed by atoms with van der Waals surface area (Å²) in [5.41, 5.74) is 4.52. The molecular formula is C15H19N3O. The number of amides is 1. The third-order valence-electron chi connectivity index (χ3n) is 2.99. The maximum Gasteiger partial charge on any atom is 0.276 e. The van der Waals surface area contributed by atoms with Gasteiger partial charge in [-0.1, -0.05) is 6.07 Å². The highest BCUT2D eigenvalue weighted by Crippen LogP contribution is 2.15. The lowest BCUT2D eigenvalue weighted by atomic mass is 10.1. The fourth-order valence-corrected chi connectivity index (χ4v) is 2.18. The number of nitrogens with one attached hydrogen (secondary N) is 1. The van der Waals surface area contributed by atoms with E-state index in [1.807, 2.05) is 50.6 Å². The second kappa shape index (κ2) is 5.26. The summed E-state index contributed by atoms with van der Waals surface area (Å²) in [6.07, 6.45) is 0. The van der Waals surface area contributed by atoms with E-state index >= 15 is 0 Å². The van der Waals surface area contributed by atoms with E-state index in [-0.39, 0.29) is 5.91 Å². The predicted molar refractivity (Wildman–Crippen MR) is 76.5 cm³/mol. The summed E-state index contributed by atoms with van der Waals surface area (Å²) >= 11 is 0. The molecular weight excluding hydrogens is 238 g/mol. The van der Waals surface area contributed by atoms with Gasteiger partial charge in [0.1, 0.15) is 0 Å². The number of carbonyl (C=O) groups excluding carboxylic acids is 1. The molecule has 1 aromatic carbocycles. The molecule has 4 heteroatoms. The van der Waals surface area contributed by atoms with Crippen molar-refractivity contribution in [3.8, 4) is 0 Å². The molecule has 2 rings (SSSR count). The SMILES string of the molecule is CCn1nc(C(=O)Nc2cc(C)cc(C)c2)cc1C. The van der Waals surface area contributed by atoms with Crippen LogP contribution in [0.2, 0.25) is 0 Å². The standard InChI is InChI=1S/C15H19N3O/c1-5-18-12(4)9-14(17-18)15(19)16-13-7-10(2)6-11(3)8-13/h6-9H,5H2,1-4H3,(H,16,19). The van der Waals surface area contributed by atoms with E-state index in [9.17, 15) is 4.79 Å². The lowest BCUT2D eigenvalue weighted by Gasteiger charge is -2.06. The molecule has 1 heterocycles. The molecule has 0 radical (unpaired) electrons. The minimum absolute atomic E-state index is 0.166. The van der Waals surface area contributed by atoms with Crippen LogP contribution in [0.1, 0.15) is 34.2 Å². The normalized spacial score (nSPS) is 10.5. The lowest BCUT2D eigenvalue weighted by molar-refractivity contribution is 0.102. The molecule has 1 aromatic heterocycles. The van der Waals surface area contributed by atoms with Gasteiger partial charge in [-0.2, -0.15) is 5.10 Å². The van der Waals surface area contributed by atoms with Gasteiger partial charge in [-0.25, -0.2) is 0 Å². The molecule has 0 spiro atoms. The van der Waals surface area contributed by atoms with Gasteiger partial charge in [-0.05, 0) is 57.0 Å². The van der Waals surface area contributed by atoms with Crippen LogP contribution in [0.3, 0.4) is 0 Å². The Bertz CT molecular complexity index is 594. The number of benzene rings is 1. The van der Waals surface area contributed by atoms with Gasteiger partial charge in [-0.15, -0.1) is 0 Å².